The van der Waals surface area contributed by atoms with Crippen molar-refractivity contribution in [1.29, 1.82) is 0 Å². The molecule has 1 aromatic rings. The van der Waals surface area contributed by atoms with Gasteiger partial charge in [0.1, 0.15) is 0 Å². The minimum atomic E-state index is 0.438. The van der Waals surface area contributed by atoms with Crippen molar-refractivity contribution in [2.45, 2.75) is 51.1 Å². The van der Waals surface area contributed by atoms with Gasteiger partial charge < -0.3 is 10.2 Å². The van der Waals surface area contributed by atoms with Crippen molar-refractivity contribution in [3.05, 3.63) is 35.4 Å². The Kier molecular flexibility index (Phi) is 5.41. The summed E-state index contributed by atoms with van der Waals surface area (Å²) in [5.74, 6) is 0. The Bertz CT molecular complexity index is 383. The molecule has 1 aliphatic carbocycles. The summed E-state index contributed by atoms with van der Waals surface area (Å²) < 4.78 is 0. The van der Waals surface area contributed by atoms with Gasteiger partial charge in [0.25, 0.3) is 0 Å². The molecule has 0 amide bonds. The Hall–Kier alpha value is -0.860. The SMILES string of the molecule is CNC(CN(C)C1CCCCC1)c1ccccc1C. The maximum atomic E-state index is 3.49. The van der Waals surface area contributed by atoms with Crippen LogP contribution in [0.5, 0.6) is 0 Å². The molecule has 2 nitrogen and oxygen atoms in total. The highest BCUT2D eigenvalue weighted by Gasteiger charge is 2.21. The number of hydrogen-bond donors (Lipinski definition) is 1. The molecule has 106 valence electrons. The van der Waals surface area contributed by atoms with Gasteiger partial charge in [0, 0.05) is 18.6 Å². The van der Waals surface area contributed by atoms with E-state index in [1.54, 1.807) is 0 Å². The zero-order chi connectivity index (χ0) is 13.7. The van der Waals surface area contributed by atoms with Crippen LogP contribution >= 0.6 is 0 Å². The van der Waals surface area contributed by atoms with Crippen molar-refractivity contribution in [1.82, 2.24) is 10.2 Å². The number of hydrogen-bond acceptors (Lipinski definition) is 2. The van der Waals surface area contributed by atoms with Crippen LogP contribution in [0.3, 0.4) is 0 Å². The van der Waals surface area contributed by atoms with Crippen molar-refractivity contribution in [2.75, 3.05) is 20.6 Å². The fraction of sp³-hybridized carbons (Fsp3) is 0.647. The number of aryl methyl sites for hydroxylation is 1. The summed E-state index contributed by atoms with van der Waals surface area (Å²) in [5.41, 5.74) is 2.83. The Labute approximate surface area is 118 Å². The third kappa shape index (κ3) is 3.80. The molecular weight excluding hydrogens is 232 g/mol. The van der Waals surface area contributed by atoms with Gasteiger partial charge in [-0.25, -0.2) is 0 Å². The van der Waals surface area contributed by atoms with Gasteiger partial charge in [-0.2, -0.15) is 0 Å². The first kappa shape index (κ1) is 14.5. The van der Waals surface area contributed by atoms with Crippen LogP contribution in [0.15, 0.2) is 24.3 Å². The first-order valence-electron chi connectivity index (χ1n) is 7.65. The van der Waals surface area contributed by atoms with Gasteiger partial charge in [-0.05, 0) is 45.0 Å². The molecular formula is C17H28N2. The minimum absolute atomic E-state index is 0.438. The molecule has 0 heterocycles. The van der Waals surface area contributed by atoms with E-state index in [9.17, 15) is 0 Å². The van der Waals surface area contributed by atoms with Crippen molar-refractivity contribution in [3.63, 3.8) is 0 Å². The minimum Gasteiger partial charge on any atom is -0.312 e. The van der Waals surface area contributed by atoms with Gasteiger partial charge in [-0.15, -0.1) is 0 Å². The summed E-state index contributed by atoms with van der Waals surface area (Å²) in [5, 5.41) is 3.49. The molecule has 0 aromatic heterocycles. The van der Waals surface area contributed by atoms with E-state index in [1.807, 2.05) is 0 Å². The fourth-order valence-electron chi connectivity index (χ4n) is 3.28. The maximum Gasteiger partial charge on any atom is 0.0449 e. The monoisotopic (exact) mass is 260 g/mol. The average Bonchev–Trinajstić information content (AvgIpc) is 2.46. The molecule has 0 bridgehead atoms. The second-order valence-electron chi connectivity index (χ2n) is 5.93. The lowest BCUT2D eigenvalue weighted by atomic mass is 9.93. The van der Waals surface area contributed by atoms with Crippen LogP contribution in [0.25, 0.3) is 0 Å². The molecule has 1 aromatic carbocycles. The van der Waals surface area contributed by atoms with E-state index in [0.717, 1.165) is 12.6 Å². The lowest BCUT2D eigenvalue weighted by Crippen LogP contribution is -2.39. The van der Waals surface area contributed by atoms with E-state index in [2.05, 4.69) is 55.5 Å². The zero-order valence-electron chi connectivity index (χ0n) is 12.7. The Morgan fingerprint density at radius 3 is 2.53 bits per heavy atom. The number of likely N-dealkylation sites (N-methyl/N-ethyl adjacent to an activating group) is 2. The molecule has 1 aliphatic rings. The lowest BCUT2D eigenvalue weighted by molar-refractivity contribution is 0.176. The van der Waals surface area contributed by atoms with Crippen LogP contribution in [0.1, 0.15) is 49.3 Å². The number of nitrogens with one attached hydrogen (secondary N) is 1. The van der Waals surface area contributed by atoms with Crippen molar-refractivity contribution >= 4 is 0 Å². The summed E-state index contributed by atoms with van der Waals surface area (Å²) >= 11 is 0. The standard InChI is InChI=1S/C17H28N2/c1-14-9-7-8-12-16(14)17(18-2)13-19(3)15-10-5-4-6-11-15/h7-9,12,15,17-18H,4-6,10-11,13H2,1-3H3. The zero-order valence-corrected chi connectivity index (χ0v) is 12.7. The molecule has 2 rings (SSSR count). The van der Waals surface area contributed by atoms with E-state index in [0.29, 0.717) is 6.04 Å². The van der Waals surface area contributed by atoms with E-state index < -0.39 is 0 Å². The second-order valence-corrected chi connectivity index (χ2v) is 5.93. The molecule has 0 saturated heterocycles. The number of nitrogens with zero attached hydrogens (tertiary/aromatic N) is 1. The van der Waals surface area contributed by atoms with Crippen molar-refractivity contribution in [2.24, 2.45) is 0 Å². The van der Waals surface area contributed by atoms with E-state index in [1.165, 1.54) is 43.2 Å². The predicted octanol–water partition coefficient (Wildman–Crippen LogP) is 3.52. The fourth-order valence-corrected chi connectivity index (χ4v) is 3.28. The highest BCUT2D eigenvalue weighted by molar-refractivity contribution is 5.29. The van der Waals surface area contributed by atoms with Crippen LogP contribution in [0.2, 0.25) is 0 Å². The summed E-state index contributed by atoms with van der Waals surface area (Å²) in [6, 6.07) is 9.96. The van der Waals surface area contributed by atoms with E-state index >= 15 is 0 Å². The number of benzene rings is 1. The Morgan fingerprint density at radius 1 is 1.21 bits per heavy atom. The highest BCUT2D eigenvalue weighted by atomic mass is 15.1. The Balaban J connectivity index is 2.00. The quantitative estimate of drug-likeness (QED) is 0.871. The van der Waals surface area contributed by atoms with Gasteiger partial charge in [0.05, 0.1) is 0 Å². The molecule has 19 heavy (non-hydrogen) atoms. The molecule has 0 aliphatic heterocycles. The molecule has 1 saturated carbocycles. The Morgan fingerprint density at radius 2 is 1.89 bits per heavy atom. The molecule has 1 N–H and O–H groups in total. The largest absolute Gasteiger partial charge is 0.312 e. The average molecular weight is 260 g/mol. The molecule has 1 fully saturated rings. The molecule has 2 heteroatoms. The van der Waals surface area contributed by atoms with E-state index in [-0.39, 0.29) is 0 Å². The van der Waals surface area contributed by atoms with Crippen LogP contribution in [0, 0.1) is 6.92 Å². The smallest absolute Gasteiger partial charge is 0.0449 e. The normalized spacial score (nSPS) is 18.7. The first-order valence-corrected chi connectivity index (χ1v) is 7.65. The van der Waals surface area contributed by atoms with Crippen LogP contribution in [-0.2, 0) is 0 Å². The summed E-state index contributed by atoms with van der Waals surface area (Å²) in [6.07, 6.45) is 6.99. The topological polar surface area (TPSA) is 15.3 Å². The van der Waals surface area contributed by atoms with Gasteiger partial charge in [0.2, 0.25) is 0 Å². The predicted molar refractivity (Wildman–Crippen MR) is 82.5 cm³/mol. The summed E-state index contributed by atoms with van der Waals surface area (Å²) in [7, 11) is 4.37. The maximum absolute atomic E-state index is 3.49. The summed E-state index contributed by atoms with van der Waals surface area (Å²) in [6.45, 7) is 3.31. The van der Waals surface area contributed by atoms with Gasteiger partial charge in [-0.3, -0.25) is 0 Å². The molecule has 1 atom stereocenters. The summed E-state index contributed by atoms with van der Waals surface area (Å²) in [4.78, 5) is 2.56. The molecule has 1 unspecified atom stereocenters. The highest BCUT2D eigenvalue weighted by Crippen LogP contribution is 2.24. The van der Waals surface area contributed by atoms with Crippen LogP contribution < -0.4 is 5.32 Å². The van der Waals surface area contributed by atoms with Gasteiger partial charge >= 0.3 is 0 Å². The number of rotatable bonds is 5. The van der Waals surface area contributed by atoms with Crippen molar-refractivity contribution in [3.8, 4) is 0 Å². The molecule has 0 radical (unpaired) electrons. The van der Waals surface area contributed by atoms with Gasteiger partial charge in [-0.1, -0.05) is 43.5 Å². The van der Waals surface area contributed by atoms with Crippen LogP contribution in [0.4, 0.5) is 0 Å². The van der Waals surface area contributed by atoms with Crippen molar-refractivity contribution < 1.29 is 0 Å². The third-order valence-corrected chi connectivity index (χ3v) is 4.58. The lowest BCUT2D eigenvalue weighted by Gasteiger charge is -2.34. The van der Waals surface area contributed by atoms with Crippen LogP contribution in [-0.4, -0.2) is 31.6 Å². The molecule has 0 spiro atoms. The van der Waals surface area contributed by atoms with E-state index in [4.69, 9.17) is 0 Å². The third-order valence-electron chi connectivity index (χ3n) is 4.58. The van der Waals surface area contributed by atoms with Gasteiger partial charge in [0.15, 0.2) is 0 Å². The second kappa shape index (κ2) is 7.06. The first-order chi connectivity index (χ1) is 9.22.